The van der Waals surface area contributed by atoms with Gasteiger partial charge in [0.05, 0.1) is 19.2 Å². The number of hydrogen-bond acceptors (Lipinski definition) is 5. The maximum atomic E-state index is 12.0. The highest BCUT2D eigenvalue weighted by Gasteiger charge is 2.23. The average Bonchev–Trinajstić information content (AvgIpc) is 2.48. The van der Waals surface area contributed by atoms with Crippen LogP contribution in [0.15, 0.2) is 18.2 Å². The van der Waals surface area contributed by atoms with Crippen LogP contribution in [0.5, 0.6) is 5.75 Å². The molecule has 0 saturated heterocycles. The molecule has 1 aliphatic heterocycles. The van der Waals surface area contributed by atoms with Crippen molar-refractivity contribution in [2.75, 3.05) is 25.7 Å². The summed E-state index contributed by atoms with van der Waals surface area (Å²) in [6.07, 6.45) is 0.113. The molecule has 0 saturated carbocycles. The quantitative estimate of drug-likeness (QED) is 0.610. The number of rotatable bonds is 4. The van der Waals surface area contributed by atoms with Gasteiger partial charge >= 0.3 is 5.97 Å². The SMILES string of the molecule is COC(=O)CCC(=O)c1ccc2c(c1)N(C)C(=O)CO2. The van der Waals surface area contributed by atoms with Gasteiger partial charge in [0.25, 0.3) is 5.91 Å². The maximum Gasteiger partial charge on any atom is 0.305 e. The van der Waals surface area contributed by atoms with Gasteiger partial charge in [0.15, 0.2) is 12.4 Å². The molecule has 0 fully saturated rings. The number of carbonyl (C=O) groups excluding carboxylic acids is 3. The number of likely N-dealkylation sites (N-methyl/N-ethyl adjacent to an activating group) is 1. The molecular formula is C14H15NO5. The first kappa shape index (κ1) is 14.0. The molecule has 20 heavy (non-hydrogen) atoms. The van der Waals surface area contributed by atoms with Crippen molar-refractivity contribution in [1.29, 1.82) is 0 Å². The van der Waals surface area contributed by atoms with E-state index in [-0.39, 0.29) is 31.1 Å². The Hall–Kier alpha value is -2.37. The van der Waals surface area contributed by atoms with Crippen LogP contribution < -0.4 is 9.64 Å². The van der Waals surface area contributed by atoms with Crippen LogP contribution >= 0.6 is 0 Å². The van der Waals surface area contributed by atoms with Crippen LogP contribution in [0.2, 0.25) is 0 Å². The normalized spacial score (nSPS) is 13.5. The van der Waals surface area contributed by atoms with E-state index < -0.39 is 5.97 Å². The number of methoxy groups -OCH3 is 1. The van der Waals surface area contributed by atoms with E-state index in [0.717, 1.165) is 0 Å². The van der Waals surface area contributed by atoms with Gasteiger partial charge in [0, 0.05) is 19.0 Å². The van der Waals surface area contributed by atoms with E-state index in [0.29, 0.717) is 17.0 Å². The second-order valence-electron chi connectivity index (χ2n) is 4.42. The molecule has 0 aromatic heterocycles. The molecule has 0 radical (unpaired) electrons. The molecule has 106 valence electrons. The molecule has 6 heteroatoms. The van der Waals surface area contributed by atoms with Crippen molar-refractivity contribution >= 4 is 23.3 Å². The van der Waals surface area contributed by atoms with E-state index in [9.17, 15) is 14.4 Å². The summed E-state index contributed by atoms with van der Waals surface area (Å²) < 4.78 is 9.77. The van der Waals surface area contributed by atoms with Crippen molar-refractivity contribution in [2.45, 2.75) is 12.8 Å². The van der Waals surface area contributed by atoms with Crippen LogP contribution in [0, 0.1) is 0 Å². The fraction of sp³-hybridized carbons (Fsp3) is 0.357. The predicted molar refractivity (Wildman–Crippen MR) is 70.9 cm³/mol. The fourth-order valence-electron chi connectivity index (χ4n) is 1.91. The number of ketones is 1. The molecule has 0 atom stereocenters. The number of carbonyl (C=O) groups is 3. The first-order valence-corrected chi connectivity index (χ1v) is 6.16. The molecule has 0 aliphatic carbocycles. The number of anilines is 1. The van der Waals surface area contributed by atoms with Gasteiger partial charge in [-0.1, -0.05) is 0 Å². The first-order chi connectivity index (χ1) is 9.52. The number of benzene rings is 1. The van der Waals surface area contributed by atoms with Crippen molar-refractivity contribution in [3.8, 4) is 5.75 Å². The Labute approximate surface area is 116 Å². The zero-order valence-corrected chi connectivity index (χ0v) is 11.3. The Morgan fingerprint density at radius 1 is 1.35 bits per heavy atom. The van der Waals surface area contributed by atoms with E-state index in [1.807, 2.05) is 0 Å². The van der Waals surface area contributed by atoms with Crippen LogP contribution in [-0.4, -0.2) is 38.4 Å². The third kappa shape index (κ3) is 2.79. The Morgan fingerprint density at radius 2 is 2.10 bits per heavy atom. The van der Waals surface area contributed by atoms with Gasteiger partial charge in [0.1, 0.15) is 5.75 Å². The zero-order chi connectivity index (χ0) is 14.7. The number of ether oxygens (including phenoxy) is 2. The molecule has 1 aromatic carbocycles. The van der Waals surface area contributed by atoms with Crippen molar-refractivity contribution in [3.05, 3.63) is 23.8 Å². The fourth-order valence-corrected chi connectivity index (χ4v) is 1.91. The lowest BCUT2D eigenvalue weighted by Crippen LogP contribution is -2.35. The summed E-state index contributed by atoms with van der Waals surface area (Å²) in [6, 6.07) is 4.89. The Kier molecular flexibility index (Phi) is 4.02. The molecule has 1 aliphatic rings. The summed E-state index contributed by atoms with van der Waals surface area (Å²) in [7, 11) is 2.91. The van der Waals surface area contributed by atoms with Crippen LogP contribution in [-0.2, 0) is 14.3 Å². The second kappa shape index (κ2) is 5.73. The summed E-state index contributed by atoms with van der Waals surface area (Å²) >= 11 is 0. The van der Waals surface area contributed by atoms with Crippen molar-refractivity contribution < 1.29 is 23.9 Å². The lowest BCUT2D eigenvalue weighted by Gasteiger charge is -2.26. The summed E-state index contributed by atoms with van der Waals surface area (Å²) in [5, 5.41) is 0. The average molecular weight is 277 g/mol. The van der Waals surface area contributed by atoms with Gasteiger partial charge in [0.2, 0.25) is 0 Å². The molecule has 1 amide bonds. The molecule has 0 N–H and O–H groups in total. The molecule has 1 heterocycles. The van der Waals surface area contributed by atoms with Crippen LogP contribution in [0.4, 0.5) is 5.69 Å². The number of nitrogens with zero attached hydrogens (tertiary/aromatic N) is 1. The predicted octanol–water partition coefficient (Wildman–Crippen LogP) is 1.18. The molecule has 0 unspecified atom stereocenters. The molecule has 6 nitrogen and oxygen atoms in total. The summed E-state index contributed by atoms with van der Waals surface area (Å²) in [5.74, 6) is -0.204. The van der Waals surface area contributed by atoms with Gasteiger partial charge in [-0.15, -0.1) is 0 Å². The second-order valence-corrected chi connectivity index (χ2v) is 4.42. The summed E-state index contributed by atoms with van der Waals surface area (Å²) in [6.45, 7) is -0.000859. The van der Waals surface area contributed by atoms with Crippen molar-refractivity contribution in [2.24, 2.45) is 0 Å². The van der Waals surface area contributed by atoms with E-state index in [2.05, 4.69) is 4.74 Å². The molecule has 0 spiro atoms. The molecular weight excluding hydrogens is 262 g/mol. The highest BCUT2D eigenvalue weighted by molar-refractivity contribution is 6.02. The van der Waals surface area contributed by atoms with Crippen LogP contribution in [0.3, 0.4) is 0 Å². The number of esters is 1. The third-order valence-corrected chi connectivity index (χ3v) is 3.15. The summed E-state index contributed by atoms with van der Waals surface area (Å²) in [4.78, 5) is 36.0. The van der Waals surface area contributed by atoms with Crippen molar-refractivity contribution in [3.63, 3.8) is 0 Å². The third-order valence-electron chi connectivity index (χ3n) is 3.15. The first-order valence-electron chi connectivity index (χ1n) is 6.16. The van der Waals surface area contributed by atoms with Gasteiger partial charge in [-0.3, -0.25) is 14.4 Å². The van der Waals surface area contributed by atoms with E-state index in [4.69, 9.17) is 4.74 Å². The van der Waals surface area contributed by atoms with E-state index in [1.165, 1.54) is 12.0 Å². The Bertz CT molecular complexity index is 567. The lowest BCUT2D eigenvalue weighted by atomic mass is 10.0. The van der Waals surface area contributed by atoms with Gasteiger partial charge in [-0.05, 0) is 18.2 Å². The van der Waals surface area contributed by atoms with Crippen LogP contribution in [0.25, 0.3) is 0 Å². The Balaban J connectivity index is 2.16. The van der Waals surface area contributed by atoms with Crippen LogP contribution in [0.1, 0.15) is 23.2 Å². The number of amides is 1. The minimum atomic E-state index is -0.424. The van der Waals surface area contributed by atoms with Gasteiger partial charge in [-0.2, -0.15) is 0 Å². The number of hydrogen-bond donors (Lipinski definition) is 0. The largest absolute Gasteiger partial charge is 0.482 e. The number of fused-ring (bicyclic) bond motifs is 1. The highest BCUT2D eigenvalue weighted by atomic mass is 16.5. The zero-order valence-electron chi connectivity index (χ0n) is 11.3. The van der Waals surface area contributed by atoms with Gasteiger partial charge < -0.3 is 14.4 Å². The molecule has 0 bridgehead atoms. The standard InChI is InChI=1S/C14H15NO5/c1-15-10-7-9(11(16)4-6-14(18)19-2)3-5-12(10)20-8-13(15)17/h3,5,7H,4,6,8H2,1-2H3. The van der Waals surface area contributed by atoms with E-state index >= 15 is 0 Å². The van der Waals surface area contributed by atoms with Crippen molar-refractivity contribution in [1.82, 2.24) is 0 Å². The van der Waals surface area contributed by atoms with Gasteiger partial charge in [-0.25, -0.2) is 0 Å². The monoisotopic (exact) mass is 277 g/mol. The molecule has 2 rings (SSSR count). The lowest BCUT2D eigenvalue weighted by molar-refractivity contribution is -0.140. The summed E-state index contributed by atoms with van der Waals surface area (Å²) in [5.41, 5.74) is 1.00. The minimum Gasteiger partial charge on any atom is -0.482 e. The topological polar surface area (TPSA) is 72.9 Å². The maximum absolute atomic E-state index is 12.0. The number of Topliss-reactive ketones (excluding diaryl/α,β-unsaturated/α-hetero) is 1. The highest BCUT2D eigenvalue weighted by Crippen LogP contribution is 2.32. The minimum absolute atomic E-state index is 0.000859. The molecule has 1 aromatic rings. The Morgan fingerprint density at radius 3 is 2.80 bits per heavy atom. The smallest absolute Gasteiger partial charge is 0.305 e. The van der Waals surface area contributed by atoms with E-state index in [1.54, 1.807) is 25.2 Å².